The number of halogens is 2. The van der Waals surface area contributed by atoms with Crippen molar-refractivity contribution in [2.75, 3.05) is 5.43 Å². The van der Waals surface area contributed by atoms with Crippen LogP contribution in [-0.4, -0.2) is 6.61 Å². The summed E-state index contributed by atoms with van der Waals surface area (Å²) in [6.45, 7) is -2.83. The molecule has 0 saturated carbocycles. The smallest absolute Gasteiger partial charge is 0.387 e. The third-order valence-electron chi connectivity index (χ3n) is 1.26. The molecule has 0 atom stereocenters. The summed E-state index contributed by atoms with van der Waals surface area (Å²) in [5.41, 5.74) is 2.57. The van der Waals surface area contributed by atoms with E-state index in [1.165, 1.54) is 12.1 Å². The summed E-state index contributed by atoms with van der Waals surface area (Å²) in [5, 5.41) is 0. The second kappa shape index (κ2) is 3.87. The molecule has 0 aliphatic rings. The lowest BCUT2D eigenvalue weighted by atomic mass is 10.3. The Morgan fingerprint density at radius 1 is 1.33 bits per heavy atom. The van der Waals surface area contributed by atoms with E-state index < -0.39 is 6.61 Å². The largest absolute Gasteiger partial charge is 0.433 e. The third kappa shape index (κ3) is 2.06. The van der Waals surface area contributed by atoms with E-state index in [1.807, 2.05) is 0 Å². The Kier molecular flexibility index (Phi) is 2.82. The average molecular weight is 174 g/mol. The number of hydrogen-bond acceptors (Lipinski definition) is 3. The molecule has 3 N–H and O–H groups in total. The van der Waals surface area contributed by atoms with E-state index in [-0.39, 0.29) is 5.75 Å². The minimum absolute atomic E-state index is 0.0370. The molecule has 1 aromatic rings. The average Bonchev–Trinajstić information content (AvgIpc) is 2.04. The minimum atomic E-state index is -2.83. The first-order valence-corrected chi connectivity index (χ1v) is 3.24. The molecular formula is C7H8F2N2O. The van der Waals surface area contributed by atoms with Crippen molar-refractivity contribution in [2.45, 2.75) is 6.61 Å². The summed E-state index contributed by atoms with van der Waals surface area (Å²) in [5.74, 6) is 5.09. The van der Waals surface area contributed by atoms with Gasteiger partial charge in [0, 0.05) is 0 Å². The van der Waals surface area contributed by atoms with Crippen LogP contribution in [0.25, 0.3) is 0 Å². The molecule has 5 heteroatoms. The number of hydrogen-bond donors (Lipinski definition) is 2. The van der Waals surface area contributed by atoms with Gasteiger partial charge in [0.05, 0.1) is 5.69 Å². The first-order chi connectivity index (χ1) is 5.74. The first kappa shape index (κ1) is 8.73. The topological polar surface area (TPSA) is 47.3 Å². The molecule has 0 heterocycles. The van der Waals surface area contributed by atoms with E-state index >= 15 is 0 Å². The van der Waals surface area contributed by atoms with Gasteiger partial charge >= 0.3 is 6.61 Å². The van der Waals surface area contributed by atoms with Gasteiger partial charge in [-0.2, -0.15) is 8.78 Å². The van der Waals surface area contributed by atoms with Crippen molar-refractivity contribution in [2.24, 2.45) is 5.84 Å². The number of benzene rings is 1. The number of para-hydroxylation sites is 2. The zero-order valence-corrected chi connectivity index (χ0v) is 6.13. The Balaban J connectivity index is 2.82. The van der Waals surface area contributed by atoms with Gasteiger partial charge in [0.1, 0.15) is 0 Å². The van der Waals surface area contributed by atoms with Gasteiger partial charge in [-0.15, -0.1) is 0 Å². The monoisotopic (exact) mass is 174 g/mol. The molecule has 0 unspecified atom stereocenters. The second-order valence-corrected chi connectivity index (χ2v) is 2.02. The molecule has 3 nitrogen and oxygen atoms in total. The normalized spacial score (nSPS) is 10.0. The van der Waals surface area contributed by atoms with Crippen molar-refractivity contribution in [3.05, 3.63) is 24.3 Å². The molecule has 0 aliphatic heterocycles. The van der Waals surface area contributed by atoms with E-state index in [9.17, 15) is 8.78 Å². The molecule has 0 aromatic heterocycles. The fourth-order valence-electron chi connectivity index (χ4n) is 0.785. The lowest BCUT2D eigenvalue weighted by Crippen LogP contribution is -2.10. The lowest BCUT2D eigenvalue weighted by Gasteiger charge is -2.08. The van der Waals surface area contributed by atoms with Gasteiger partial charge in [-0.3, -0.25) is 5.84 Å². The predicted molar refractivity (Wildman–Crippen MR) is 40.9 cm³/mol. The third-order valence-corrected chi connectivity index (χ3v) is 1.26. The molecule has 0 bridgehead atoms. The SMILES string of the molecule is NNc1ccccc1OC(F)F. The van der Waals surface area contributed by atoms with E-state index in [2.05, 4.69) is 10.2 Å². The summed E-state index contributed by atoms with van der Waals surface area (Å²) in [7, 11) is 0. The molecule has 0 fully saturated rings. The van der Waals surface area contributed by atoms with Gasteiger partial charge < -0.3 is 10.2 Å². The van der Waals surface area contributed by atoms with Gasteiger partial charge in [0.15, 0.2) is 5.75 Å². The number of anilines is 1. The van der Waals surface area contributed by atoms with Crippen molar-refractivity contribution in [3.63, 3.8) is 0 Å². The number of rotatable bonds is 3. The summed E-state index contributed by atoms with van der Waals surface area (Å²) < 4.78 is 27.7. The quantitative estimate of drug-likeness (QED) is 0.540. The maximum Gasteiger partial charge on any atom is 0.387 e. The van der Waals surface area contributed by atoms with Crippen LogP contribution >= 0.6 is 0 Å². The fourth-order valence-corrected chi connectivity index (χ4v) is 0.785. The zero-order valence-electron chi connectivity index (χ0n) is 6.13. The standard InChI is InChI=1S/C7H8F2N2O/c8-7(9)12-6-4-2-1-3-5(6)11-10/h1-4,7,11H,10H2. The molecular weight excluding hydrogens is 166 g/mol. The molecule has 1 rings (SSSR count). The van der Waals surface area contributed by atoms with Crippen molar-refractivity contribution >= 4 is 5.69 Å². The Hall–Kier alpha value is -1.36. The molecule has 0 radical (unpaired) electrons. The zero-order chi connectivity index (χ0) is 8.97. The number of hydrazine groups is 1. The van der Waals surface area contributed by atoms with Crippen molar-refractivity contribution < 1.29 is 13.5 Å². The lowest BCUT2D eigenvalue weighted by molar-refractivity contribution is -0.0493. The molecule has 0 amide bonds. The first-order valence-electron chi connectivity index (χ1n) is 3.24. The highest BCUT2D eigenvalue weighted by Crippen LogP contribution is 2.23. The van der Waals surface area contributed by atoms with Crippen LogP contribution in [0.3, 0.4) is 0 Å². The number of nitrogens with one attached hydrogen (secondary N) is 1. The number of nitrogen functional groups attached to an aromatic ring is 1. The second-order valence-electron chi connectivity index (χ2n) is 2.02. The van der Waals surface area contributed by atoms with E-state index in [0.29, 0.717) is 5.69 Å². The van der Waals surface area contributed by atoms with Gasteiger partial charge in [0.2, 0.25) is 0 Å². The number of alkyl halides is 2. The van der Waals surface area contributed by atoms with Gasteiger partial charge in [-0.25, -0.2) is 0 Å². The number of ether oxygens (including phenoxy) is 1. The van der Waals surface area contributed by atoms with Crippen molar-refractivity contribution in [3.8, 4) is 5.75 Å². The van der Waals surface area contributed by atoms with Gasteiger partial charge in [0.25, 0.3) is 0 Å². The fraction of sp³-hybridized carbons (Fsp3) is 0.143. The van der Waals surface area contributed by atoms with E-state index in [1.54, 1.807) is 12.1 Å². The molecule has 1 aromatic carbocycles. The highest BCUT2D eigenvalue weighted by atomic mass is 19.3. The van der Waals surface area contributed by atoms with Crippen LogP contribution in [0.2, 0.25) is 0 Å². The van der Waals surface area contributed by atoms with Gasteiger partial charge in [-0.1, -0.05) is 12.1 Å². The van der Waals surface area contributed by atoms with Crippen LogP contribution in [0.4, 0.5) is 14.5 Å². The van der Waals surface area contributed by atoms with Crippen molar-refractivity contribution in [1.82, 2.24) is 0 Å². The van der Waals surface area contributed by atoms with Crippen LogP contribution in [-0.2, 0) is 0 Å². The van der Waals surface area contributed by atoms with Crippen LogP contribution in [0.1, 0.15) is 0 Å². The Morgan fingerprint density at radius 3 is 2.58 bits per heavy atom. The van der Waals surface area contributed by atoms with Gasteiger partial charge in [-0.05, 0) is 12.1 Å². The maximum absolute atomic E-state index is 11.7. The van der Waals surface area contributed by atoms with Crippen molar-refractivity contribution in [1.29, 1.82) is 0 Å². The Morgan fingerprint density at radius 2 is 2.00 bits per heavy atom. The summed E-state index contributed by atoms with van der Waals surface area (Å²) >= 11 is 0. The molecule has 0 saturated heterocycles. The molecule has 0 aliphatic carbocycles. The minimum Gasteiger partial charge on any atom is -0.433 e. The van der Waals surface area contributed by atoms with Crippen LogP contribution in [0.5, 0.6) is 5.75 Å². The highest BCUT2D eigenvalue weighted by Gasteiger charge is 2.06. The Bertz CT molecular complexity index is 255. The van der Waals surface area contributed by atoms with Crippen LogP contribution in [0.15, 0.2) is 24.3 Å². The summed E-state index contributed by atoms with van der Waals surface area (Å²) in [6.07, 6.45) is 0. The maximum atomic E-state index is 11.7. The number of nitrogens with two attached hydrogens (primary N) is 1. The highest BCUT2D eigenvalue weighted by molar-refractivity contribution is 5.55. The molecule has 12 heavy (non-hydrogen) atoms. The van der Waals surface area contributed by atoms with Crippen LogP contribution in [0, 0.1) is 0 Å². The Labute approximate surface area is 68.1 Å². The van der Waals surface area contributed by atoms with E-state index in [4.69, 9.17) is 5.84 Å². The predicted octanol–water partition coefficient (Wildman–Crippen LogP) is 1.57. The van der Waals surface area contributed by atoms with E-state index in [0.717, 1.165) is 0 Å². The summed E-state index contributed by atoms with van der Waals surface area (Å²) in [4.78, 5) is 0. The molecule has 66 valence electrons. The molecule has 0 spiro atoms. The van der Waals surface area contributed by atoms with Crippen LogP contribution < -0.4 is 16.0 Å². The summed E-state index contributed by atoms with van der Waals surface area (Å²) in [6, 6.07) is 6.19.